The number of nitrogens with zero attached hydrogens (tertiary/aromatic N) is 1. The highest BCUT2D eigenvalue weighted by molar-refractivity contribution is 9.09. The molecule has 4 heteroatoms. The Morgan fingerprint density at radius 1 is 1.50 bits per heavy atom. The van der Waals surface area contributed by atoms with Crippen molar-refractivity contribution in [2.75, 3.05) is 18.9 Å². The predicted octanol–water partition coefficient (Wildman–Crippen LogP) is 4.40. The molecule has 0 saturated heterocycles. The quantitative estimate of drug-likeness (QED) is 0.726. The minimum Gasteiger partial charge on any atom is -0.301 e. The summed E-state index contributed by atoms with van der Waals surface area (Å²) in [5.41, 5.74) is 0.538. The fourth-order valence-electron chi connectivity index (χ4n) is 2.34. The number of hydrogen-bond acceptors (Lipinski definition) is 2. The van der Waals surface area contributed by atoms with Gasteiger partial charge in [0.05, 0.1) is 4.34 Å². The van der Waals surface area contributed by atoms with Crippen LogP contribution in [0.2, 0.25) is 4.34 Å². The van der Waals surface area contributed by atoms with Gasteiger partial charge in [-0.15, -0.1) is 11.3 Å². The van der Waals surface area contributed by atoms with Gasteiger partial charge < -0.3 is 4.90 Å². The number of thiophene rings is 1. The highest BCUT2D eigenvalue weighted by atomic mass is 79.9. The van der Waals surface area contributed by atoms with Crippen molar-refractivity contribution < 1.29 is 0 Å². The van der Waals surface area contributed by atoms with E-state index >= 15 is 0 Å². The Morgan fingerprint density at radius 3 is 2.69 bits per heavy atom. The molecule has 0 radical (unpaired) electrons. The van der Waals surface area contributed by atoms with Crippen LogP contribution in [0.3, 0.4) is 0 Å². The maximum atomic E-state index is 5.94. The molecule has 1 fully saturated rings. The highest BCUT2D eigenvalue weighted by Gasteiger charge is 2.36. The van der Waals surface area contributed by atoms with Gasteiger partial charge in [-0.1, -0.05) is 34.0 Å². The molecule has 16 heavy (non-hydrogen) atoms. The van der Waals surface area contributed by atoms with Gasteiger partial charge in [0, 0.05) is 23.3 Å². The second-order valence-electron chi connectivity index (χ2n) is 4.87. The summed E-state index contributed by atoms with van der Waals surface area (Å²) in [5, 5.41) is 1.13. The molecule has 1 heterocycles. The third kappa shape index (κ3) is 3.00. The van der Waals surface area contributed by atoms with Gasteiger partial charge in [0.15, 0.2) is 0 Å². The fourth-order valence-corrected chi connectivity index (χ4v) is 4.25. The van der Waals surface area contributed by atoms with Gasteiger partial charge in [-0.3, -0.25) is 0 Å². The van der Waals surface area contributed by atoms with Crippen LogP contribution in [0.5, 0.6) is 0 Å². The Morgan fingerprint density at radius 2 is 2.25 bits per heavy atom. The Kier molecular flexibility index (Phi) is 4.33. The smallest absolute Gasteiger partial charge is 0.0931 e. The summed E-state index contributed by atoms with van der Waals surface area (Å²) in [7, 11) is 2.20. The van der Waals surface area contributed by atoms with Crippen LogP contribution in [0.15, 0.2) is 12.1 Å². The SMILES string of the molecule is CN(Cc1ccc(Cl)s1)CC1(CBr)CCC1. The van der Waals surface area contributed by atoms with Crippen LogP contribution in [0.25, 0.3) is 0 Å². The molecule has 0 spiro atoms. The van der Waals surface area contributed by atoms with Gasteiger partial charge in [-0.2, -0.15) is 0 Å². The van der Waals surface area contributed by atoms with E-state index < -0.39 is 0 Å². The van der Waals surface area contributed by atoms with Crippen molar-refractivity contribution in [3.05, 3.63) is 21.3 Å². The van der Waals surface area contributed by atoms with Crippen molar-refractivity contribution in [1.29, 1.82) is 0 Å². The first-order valence-corrected chi connectivity index (χ1v) is 7.94. The van der Waals surface area contributed by atoms with Crippen molar-refractivity contribution in [2.24, 2.45) is 5.41 Å². The molecule has 0 N–H and O–H groups in total. The van der Waals surface area contributed by atoms with Gasteiger partial charge >= 0.3 is 0 Å². The minimum absolute atomic E-state index is 0.538. The zero-order chi connectivity index (χ0) is 11.6. The largest absolute Gasteiger partial charge is 0.301 e. The van der Waals surface area contributed by atoms with Crippen molar-refractivity contribution in [2.45, 2.75) is 25.8 Å². The second kappa shape index (κ2) is 5.38. The Balaban J connectivity index is 1.86. The molecule has 0 atom stereocenters. The molecular formula is C12H17BrClNS. The molecule has 1 aliphatic rings. The van der Waals surface area contributed by atoms with Crippen LogP contribution in [0, 0.1) is 5.41 Å². The third-order valence-corrected chi connectivity index (χ3v) is 5.76. The zero-order valence-electron chi connectivity index (χ0n) is 9.51. The van der Waals surface area contributed by atoms with Gasteiger partial charge in [-0.05, 0) is 37.4 Å². The van der Waals surface area contributed by atoms with Crippen LogP contribution in [0.1, 0.15) is 24.1 Å². The van der Waals surface area contributed by atoms with Crippen molar-refractivity contribution >= 4 is 38.9 Å². The van der Waals surface area contributed by atoms with Crippen LogP contribution in [-0.4, -0.2) is 23.8 Å². The van der Waals surface area contributed by atoms with E-state index in [2.05, 4.69) is 33.9 Å². The predicted molar refractivity (Wildman–Crippen MR) is 75.7 cm³/mol. The van der Waals surface area contributed by atoms with Crippen LogP contribution in [-0.2, 0) is 6.54 Å². The molecule has 1 aromatic rings. The van der Waals surface area contributed by atoms with E-state index in [1.807, 2.05) is 6.07 Å². The monoisotopic (exact) mass is 321 g/mol. The molecule has 0 aromatic carbocycles. The molecule has 0 bridgehead atoms. The van der Waals surface area contributed by atoms with Crippen molar-refractivity contribution in [1.82, 2.24) is 4.90 Å². The summed E-state index contributed by atoms with van der Waals surface area (Å²) in [6, 6.07) is 4.12. The van der Waals surface area contributed by atoms with E-state index in [0.717, 1.165) is 16.2 Å². The lowest BCUT2D eigenvalue weighted by atomic mass is 9.70. The molecule has 90 valence electrons. The molecule has 1 nitrogen and oxygen atoms in total. The number of alkyl halides is 1. The number of rotatable bonds is 5. The van der Waals surface area contributed by atoms with Crippen LogP contribution < -0.4 is 0 Å². The summed E-state index contributed by atoms with van der Waals surface area (Å²) >= 11 is 11.3. The first-order chi connectivity index (χ1) is 7.63. The molecule has 1 aromatic heterocycles. The summed E-state index contributed by atoms with van der Waals surface area (Å²) in [6.07, 6.45) is 4.13. The Hall–Kier alpha value is 0.430. The molecule has 0 aliphatic heterocycles. The molecule has 1 aliphatic carbocycles. The average molecular weight is 323 g/mol. The van der Waals surface area contributed by atoms with E-state index in [-0.39, 0.29) is 0 Å². The standard InChI is InChI=1S/C12H17BrClNS/c1-15(7-10-3-4-11(14)16-10)9-12(8-13)5-2-6-12/h3-4H,2,5-9H2,1H3. The maximum absolute atomic E-state index is 5.94. The number of hydrogen-bond donors (Lipinski definition) is 0. The zero-order valence-corrected chi connectivity index (χ0v) is 12.7. The lowest BCUT2D eigenvalue weighted by molar-refractivity contribution is 0.103. The van der Waals surface area contributed by atoms with E-state index in [4.69, 9.17) is 11.6 Å². The first-order valence-electron chi connectivity index (χ1n) is 5.62. The van der Waals surface area contributed by atoms with E-state index in [9.17, 15) is 0 Å². The topological polar surface area (TPSA) is 3.24 Å². The van der Waals surface area contributed by atoms with E-state index in [0.29, 0.717) is 5.41 Å². The molecule has 2 rings (SSSR count). The molecule has 0 unspecified atom stereocenters. The van der Waals surface area contributed by atoms with Gasteiger partial charge in [-0.25, -0.2) is 0 Å². The van der Waals surface area contributed by atoms with E-state index in [1.54, 1.807) is 11.3 Å². The van der Waals surface area contributed by atoms with Crippen molar-refractivity contribution in [3.8, 4) is 0 Å². The highest BCUT2D eigenvalue weighted by Crippen LogP contribution is 2.43. The number of halogens is 2. The van der Waals surface area contributed by atoms with Crippen LogP contribution >= 0.6 is 38.9 Å². The lowest BCUT2D eigenvalue weighted by Gasteiger charge is -2.43. The third-order valence-electron chi connectivity index (χ3n) is 3.36. The summed E-state index contributed by atoms with van der Waals surface area (Å²) in [4.78, 5) is 3.78. The average Bonchev–Trinajstić information content (AvgIpc) is 2.57. The normalized spacial score (nSPS) is 18.8. The minimum atomic E-state index is 0.538. The van der Waals surface area contributed by atoms with Crippen LogP contribution in [0.4, 0.5) is 0 Å². The van der Waals surface area contributed by atoms with Gasteiger partial charge in [0.1, 0.15) is 0 Å². The second-order valence-corrected chi connectivity index (χ2v) is 7.23. The molecular weight excluding hydrogens is 306 g/mol. The molecule has 0 amide bonds. The van der Waals surface area contributed by atoms with Crippen molar-refractivity contribution in [3.63, 3.8) is 0 Å². The Bertz CT molecular complexity index is 343. The molecule has 1 saturated carbocycles. The summed E-state index contributed by atoms with van der Waals surface area (Å²) in [6.45, 7) is 2.21. The maximum Gasteiger partial charge on any atom is 0.0931 e. The Labute approximate surface area is 115 Å². The summed E-state index contributed by atoms with van der Waals surface area (Å²) in [5.74, 6) is 0. The van der Waals surface area contributed by atoms with Gasteiger partial charge in [0.25, 0.3) is 0 Å². The fraction of sp³-hybridized carbons (Fsp3) is 0.667. The van der Waals surface area contributed by atoms with Gasteiger partial charge in [0.2, 0.25) is 0 Å². The summed E-state index contributed by atoms with van der Waals surface area (Å²) < 4.78 is 0.891. The first kappa shape index (κ1) is 12.9. The van der Waals surface area contributed by atoms with E-state index in [1.165, 1.54) is 30.7 Å². The lowest BCUT2D eigenvalue weighted by Crippen LogP contribution is -2.41.